The molecule has 2 heterocycles. The highest BCUT2D eigenvalue weighted by Gasteiger charge is 2.11. The first kappa shape index (κ1) is 13.1. The van der Waals surface area contributed by atoms with Crippen LogP contribution in [0.25, 0.3) is 21.0 Å². The number of nitrogens with two attached hydrogens (primary N) is 1. The molecule has 0 aliphatic carbocycles. The van der Waals surface area contributed by atoms with Crippen LogP contribution in [0, 0.1) is 0 Å². The van der Waals surface area contributed by atoms with E-state index in [4.69, 9.17) is 10.5 Å². The minimum Gasteiger partial charge on any atom is -0.472 e. The molecule has 4 heteroatoms. The molecule has 0 amide bonds. The molecule has 0 fully saturated rings. The van der Waals surface area contributed by atoms with E-state index < -0.39 is 0 Å². The van der Waals surface area contributed by atoms with Gasteiger partial charge in [-0.1, -0.05) is 30.3 Å². The van der Waals surface area contributed by atoms with Crippen molar-refractivity contribution in [2.24, 2.45) is 0 Å². The minimum atomic E-state index is 0.507. The van der Waals surface area contributed by atoms with Gasteiger partial charge in [-0.3, -0.25) is 0 Å². The monoisotopic (exact) mass is 306 g/mol. The van der Waals surface area contributed by atoms with E-state index in [0.717, 1.165) is 21.9 Å². The third-order valence-corrected chi connectivity index (χ3v) is 4.55. The Morgan fingerprint density at radius 2 is 1.86 bits per heavy atom. The fourth-order valence-electron chi connectivity index (χ4n) is 2.53. The van der Waals surface area contributed by atoms with Crippen molar-refractivity contribution in [3.63, 3.8) is 0 Å². The smallest absolute Gasteiger partial charge is 0.223 e. The van der Waals surface area contributed by atoms with Crippen molar-refractivity contribution in [3.05, 3.63) is 65.5 Å². The molecule has 2 N–H and O–H groups in total. The average molecular weight is 306 g/mol. The summed E-state index contributed by atoms with van der Waals surface area (Å²) in [6.07, 6.45) is 0. The minimum absolute atomic E-state index is 0.507. The molecule has 22 heavy (non-hydrogen) atoms. The fraction of sp³-hybridized carbons (Fsp3) is 0.0556. The Balaban J connectivity index is 1.79. The summed E-state index contributed by atoms with van der Waals surface area (Å²) in [5.41, 5.74) is 8.59. The largest absolute Gasteiger partial charge is 0.472 e. The molecule has 3 nitrogen and oxygen atoms in total. The van der Waals surface area contributed by atoms with Crippen LogP contribution in [-0.4, -0.2) is 4.98 Å². The molecule has 0 saturated carbocycles. The van der Waals surface area contributed by atoms with Crippen molar-refractivity contribution in [2.45, 2.75) is 6.61 Å². The van der Waals surface area contributed by atoms with Gasteiger partial charge in [-0.25, -0.2) is 4.98 Å². The van der Waals surface area contributed by atoms with Gasteiger partial charge in [-0.05, 0) is 35.2 Å². The van der Waals surface area contributed by atoms with Gasteiger partial charge < -0.3 is 10.5 Å². The number of rotatable bonds is 3. The van der Waals surface area contributed by atoms with Crippen molar-refractivity contribution in [1.82, 2.24) is 4.98 Å². The highest BCUT2D eigenvalue weighted by molar-refractivity contribution is 7.18. The van der Waals surface area contributed by atoms with Crippen molar-refractivity contribution < 1.29 is 4.74 Å². The number of benzene rings is 2. The molecule has 4 aromatic rings. The maximum Gasteiger partial charge on any atom is 0.223 e. The van der Waals surface area contributed by atoms with E-state index in [9.17, 15) is 0 Å². The van der Waals surface area contributed by atoms with Crippen LogP contribution in [0.2, 0.25) is 0 Å². The van der Waals surface area contributed by atoms with E-state index in [1.54, 1.807) is 11.3 Å². The van der Waals surface area contributed by atoms with Crippen LogP contribution in [0.3, 0.4) is 0 Å². The number of thiophene rings is 1. The lowest BCUT2D eigenvalue weighted by atomic mass is 10.1. The van der Waals surface area contributed by atoms with Crippen LogP contribution in [0.15, 0.2) is 60.0 Å². The van der Waals surface area contributed by atoms with Gasteiger partial charge >= 0.3 is 0 Å². The van der Waals surface area contributed by atoms with Crippen molar-refractivity contribution in [3.8, 4) is 5.88 Å². The second-order valence-corrected chi connectivity index (χ2v) is 6.05. The van der Waals surface area contributed by atoms with Gasteiger partial charge in [-0.15, -0.1) is 11.3 Å². The zero-order chi connectivity index (χ0) is 14.9. The zero-order valence-electron chi connectivity index (χ0n) is 11.8. The van der Waals surface area contributed by atoms with Crippen LogP contribution >= 0.6 is 11.3 Å². The molecule has 0 radical (unpaired) electrons. The number of anilines is 1. The van der Waals surface area contributed by atoms with E-state index in [2.05, 4.69) is 16.4 Å². The third kappa shape index (κ3) is 2.27. The first-order valence-electron chi connectivity index (χ1n) is 7.04. The first-order valence-corrected chi connectivity index (χ1v) is 7.92. The third-order valence-electron chi connectivity index (χ3n) is 3.60. The summed E-state index contributed by atoms with van der Waals surface area (Å²) < 4.78 is 7.15. The van der Waals surface area contributed by atoms with Gasteiger partial charge in [0, 0.05) is 15.8 Å². The lowest BCUT2D eigenvalue weighted by Crippen LogP contribution is -1.98. The number of nitrogen functional groups attached to an aromatic ring is 1. The molecule has 108 valence electrons. The molecule has 0 unspecified atom stereocenters. The molecule has 2 aromatic heterocycles. The molecule has 0 aliphatic heterocycles. The molecular weight excluding hydrogens is 292 g/mol. The number of hydrogen-bond acceptors (Lipinski definition) is 4. The summed E-state index contributed by atoms with van der Waals surface area (Å²) in [7, 11) is 0. The molecule has 4 rings (SSSR count). The number of hydrogen-bond donors (Lipinski definition) is 1. The summed E-state index contributed by atoms with van der Waals surface area (Å²) >= 11 is 1.70. The lowest BCUT2D eigenvalue weighted by molar-refractivity contribution is 0.299. The van der Waals surface area contributed by atoms with Crippen LogP contribution in [-0.2, 0) is 6.61 Å². The van der Waals surface area contributed by atoms with E-state index in [1.165, 1.54) is 4.70 Å². The highest BCUT2D eigenvalue weighted by Crippen LogP contribution is 2.35. The average Bonchev–Trinajstić information content (AvgIpc) is 3.03. The van der Waals surface area contributed by atoms with E-state index in [0.29, 0.717) is 18.2 Å². The number of aromatic nitrogens is 1. The Labute approximate surface area is 132 Å². The number of nitrogens with zero attached hydrogens (tertiary/aromatic N) is 1. The Hall–Kier alpha value is -2.59. The SMILES string of the molecule is Nc1ccc2c(c1)nc(OCc1ccccc1)c1ccsc12. The molecule has 2 aromatic carbocycles. The number of fused-ring (bicyclic) bond motifs is 3. The number of ether oxygens (including phenoxy) is 1. The molecule has 0 aliphatic rings. The molecule has 0 spiro atoms. The van der Waals surface area contributed by atoms with Crippen molar-refractivity contribution >= 4 is 38.0 Å². The zero-order valence-corrected chi connectivity index (χ0v) is 12.6. The van der Waals surface area contributed by atoms with Crippen LogP contribution in [0.5, 0.6) is 5.88 Å². The molecule has 0 atom stereocenters. The van der Waals surface area contributed by atoms with Crippen LogP contribution in [0.4, 0.5) is 5.69 Å². The van der Waals surface area contributed by atoms with Crippen molar-refractivity contribution in [1.29, 1.82) is 0 Å². The normalized spacial score (nSPS) is 11.1. The summed E-state index contributed by atoms with van der Waals surface area (Å²) in [4.78, 5) is 4.66. The van der Waals surface area contributed by atoms with Gasteiger partial charge in [0.05, 0.1) is 10.9 Å². The second kappa shape index (κ2) is 5.31. The standard InChI is InChI=1S/C18H14N2OS/c19-13-6-7-14-16(10-13)20-18(15-8-9-22-17(14)15)21-11-12-4-2-1-3-5-12/h1-10H,11,19H2. The number of pyridine rings is 1. The van der Waals surface area contributed by atoms with E-state index in [1.807, 2.05) is 48.5 Å². The second-order valence-electron chi connectivity index (χ2n) is 5.13. The van der Waals surface area contributed by atoms with Gasteiger partial charge in [0.1, 0.15) is 6.61 Å². The van der Waals surface area contributed by atoms with Gasteiger partial charge in [-0.2, -0.15) is 0 Å². The molecule has 0 bridgehead atoms. The van der Waals surface area contributed by atoms with E-state index in [-0.39, 0.29) is 0 Å². The first-order chi connectivity index (χ1) is 10.8. The maximum atomic E-state index is 5.97. The Morgan fingerprint density at radius 1 is 1.00 bits per heavy atom. The molecular formula is C18H14N2OS. The predicted molar refractivity (Wildman–Crippen MR) is 92.3 cm³/mol. The maximum absolute atomic E-state index is 5.97. The summed E-state index contributed by atoms with van der Waals surface area (Å²) in [6.45, 7) is 0.507. The topological polar surface area (TPSA) is 48.1 Å². The van der Waals surface area contributed by atoms with Gasteiger partial charge in [0.2, 0.25) is 5.88 Å². The van der Waals surface area contributed by atoms with Crippen LogP contribution in [0.1, 0.15) is 5.56 Å². The Bertz CT molecular complexity index is 947. The van der Waals surface area contributed by atoms with Crippen molar-refractivity contribution in [2.75, 3.05) is 5.73 Å². The molecule has 0 saturated heterocycles. The summed E-state index contributed by atoms with van der Waals surface area (Å²) in [5.74, 6) is 0.665. The quantitative estimate of drug-likeness (QED) is 0.562. The van der Waals surface area contributed by atoms with Gasteiger partial charge in [0.25, 0.3) is 0 Å². The Kier molecular flexibility index (Phi) is 3.16. The predicted octanol–water partition coefficient (Wildman–Crippen LogP) is 4.61. The van der Waals surface area contributed by atoms with Gasteiger partial charge in [0.15, 0.2) is 0 Å². The van der Waals surface area contributed by atoms with Crippen LogP contribution < -0.4 is 10.5 Å². The van der Waals surface area contributed by atoms with E-state index >= 15 is 0 Å². The summed E-state index contributed by atoms with van der Waals surface area (Å²) in [6, 6.07) is 18.0. The highest BCUT2D eigenvalue weighted by atomic mass is 32.1. The Morgan fingerprint density at radius 3 is 2.73 bits per heavy atom. The summed E-state index contributed by atoms with van der Waals surface area (Å²) in [5, 5.41) is 4.24. The fourth-order valence-corrected chi connectivity index (χ4v) is 3.45. The lowest BCUT2D eigenvalue weighted by Gasteiger charge is -2.09.